The molecule has 12 nitrogen and oxygen atoms in total. The van der Waals surface area contributed by atoms with Gasteiger partial charge in [0.2, 0.25) is 15.9 Å². The quantitative estimate of drug-likeness (QED) is 0.372. The molecule has 198 valence electrons. The summed E-state index contributed by atoms with van der Waals surface area (Å²) >= 11 is 0. The highest BCUT2D eigenvalue weighted by atomic mass is 32.2. The highest BCUT2D eigenvalue weighted by Gasteiger charge is 2.40. The van der Waals surface area contributed by atoms with Crippen molar-refractivity contribution in [3.05, 3.63) is 48.5 Å². The first kappa shape index (κ1) is 24.6. The number of hydrogen-bond donors (Lipinski definition) is 0. The van der Waals surface area contributed by atoms with Gasteiger partial charge in [-0.3, -0.25) is 9.78 Å². The number of aromatic nitrogens is 5. The van der Waals surface area contributed by atoms with Crippen LogP contribution in [0.25, 0.3) is 22.5 Å². The summed E-state index contributed by atoms with van der Waals surface area (Å²) in [5.74, 6) is 0.943. The topological polar surface area (TPSA) is 148 Å². The summed E-state index contributed by atoms with van der Waals surface area (Å²) in [7, 11) is -3.78. The summed E-state index contributed by atoms with van der Waals surface area (Å²) in [6.07, 6.45) is 5.75. The van der Waals surface area contributed by atoms with Crippen LogP contribution in [0.4, 0.5) is 0 Å². The van der Waals surface area contributed by atoms with Crippen LogP contribution in [-0.2, 0) is 20.2 Å². The molecule has 0 aliphatic carbocycles. The van der Waals surface area contributed by atoms with Gasteiger partial charge in [0, 0.05) is 49.9 Å². The molecule has 1 amide bonds. The molecule has 0 saturated carbocycles. The minimum atomic E-state index is -3.78. The summed E-state index contributed by atoms with van der Waals surface area (Å²) in [5.41, 5.74) is 1.08. The predicted octanol–water partition coefficient (Wildman–Crippen LogP) is 2.65. The van der Waals surface area contributed by atoms with E-state index in [4.69, 9.17) is 9.15 Å². The number of piperidine rings is 2. The zero-order valence-corrected chi connectivity index (χ0v) is 21.7. The van der Waals surface area contributed by atoms with Gasteiger partial charge in [-0.2, -0.15) is 9.29 Å². The van der Waals surface area contributed by atoms with E-state index in [1.165, 1.54) is 10.4 Å². The van der Waals surface area contributed by atoms with E-state index in [0.29, 0.717) is 56.0 Å². The van der Waals surface area contributed by atoms with Gasteiger partial charge in [-0.1, -0.05) is 18.1 Å². The number of nitrogens with zero attached hydrogens (tertiary/aromatic N) is 7. The Balaban J connectivity index is 1.07. The number of benzene rings is 1. The third-order valence-corrected chi connectivity index (χ3v) is 9.65. The van der Waals surface area contributed by atoms with Crippen molar-refractivity contribution in [1.29, 1.82) is 0 Å². The molecular weight excluding hydrogens is 510 g/mol. The predicted molar refractivity (Wildman–Crippen MR) is 134 cm³/mol. The molecule has 13 heteroatoms. The number of amides is 1. The van der Waals surface area contributed by atoms with Crippen molar-refractivity contribution in [1.82, 2.24) is 34.6 Å². The Morgan fingerprint density at radius 3 is 2.55 bits per heavy atom. The normalized spacial score (nSPS) is 19.1. The van der Waals surface area contributed by atoms with Crippen molar-refractivity contribution in [3.63, 3.8) is 0 Å². The highest BCUT2D eigenvalue weighted by molar-refractivity contribution is 7.89. The Hall–Kier alpha value is -3.71. The number of carbonyl (C=O) groups excluding carboxylic acids is 1. The highest BCUT2D eigenvalue weighted by Crippen LogP contribution is 2.36. The van der Waals surface area contributed by atoms with Crippen LogP contribution >= 0.6 is 0 Å². The zero-order chi connectivity index (χ0) is 26.3. The maximum absolute atomic E-state index is 13.3. The zero-order valence-electron chi connectivity index (χ0n) is 20.9. The number of sulfonamides is 1. The standard InChI is InChI=1S/C25H27N7O5S/c1-25(24-27-22(36-30-24)18-4-3-11-26-16-18)9-14-31(15-10-25)23(33)17-7-12-32(13-8-17)38(34,35)20-6-2-5-19-21(20)29-37-28-19/h2-6,11,16-17H,7-10,12-15H2,1H3. The fourth-order valence-electron chi connectivity index (χ4n) is 5.25. The van der Waals surface area contributed by atoms with Crippen LogP contribution < -0.4 is 0 Å². The summed E-state index contributed by atoms with van der Waals surface area (Å²) in [4.78, 5) is 24.0. The first-order chi connectivity index (χ1) is 18.3. The van der Waals surface area contributed by atoms with Gasteiger partial charge in [-0.05, 0) is 60.3 Å². The van der Waals surface area contributed by atoms with Crippen molar-refractivity contribution >= 4 is 27.0 Å². The number of rotatable bonds is 5. The van der Waals surface area contributed by atoms with Crippen LogP contribution in [0.15, 0.2) is 56.8 Å². The third-order valence-electron chi connectivity index (χ3n) is 7.72. The van der Waals surface area contributed by atoms with Gasteiger partial charge in [0.25, 0.3) is 5.89 Å². The van der Waals surface area contributed by atoms with E-state index in [1.807, 2.05) is 17.0 Å². The Bertz CT molecular complexity index is 1550. The number of fused-ring (bicyclic) bond motifs is 1. The number of carbonyl (C=O) groups is 1. The van der Waals surface area contributed by atoms with Crippen LogP contribution in [0.5, 0.6) is 0 Å². The summed E-state index contributed by atoms with van der Waals surface area (Å²) in [5, 5.41) is 11.7. The van der Waals surface area contributed by atoms with Gasteiger partial charge in [-0.15, -0.1) is 0 Å². The Labute approximate surface area is 219 Å². The van der Waals surface area contributed by atoms with Crippen molar-refractivity contribution in [2.45, 2.75) is 42.9 Å². The molecule has 2 aliphatic rings. The second-order valence-corrected chi connectivity index (χ2v) is 12.0. The molecule has 1 aromatic carbocycles. The van der Waals surface area contributed by atoms with E-state index in [9.17, 15) is 13.2 Å². The summed E-state index contributed by atoms with van der Waals surface area (Å²) < 4.78 is 38.2. The van der Waals surface area contributed by atoms with E-state index in [-0.39, 0.29) is 40.7 Å². The first-order valence-electron chi connectivity index (χ1n) is 12.6. The minimum absolute atomic E-state index is 0.0736. The van der Waals surface area contributed by atoms with E-state index >= 15 is 0 Å². The van der Waals surface area contributed by atoms with Crippen molar-refractivity contribution in [2.75, 3.05) is 26.2 Å². The molecule has 38 heavy (non-hydrogen) atoms. The molecule has 6 rings (SSSR count). The molecule has 0 N–H and O–H groups in total. The molecule has 2 fully saturated rings. The molecule has 4 aromatic rings. The van der Waals surface area contributed by atoms with Gasteiger partial charge in [0.05, 0.1) is 5.56 Å². The average molecular weight is 538 g/mol. The molecule has 0 bridgehead atoms. The molecule has 2 aliphatic heterocycles. The molecule has 5 heterocycles. The second-order valence-electron chi connectivity index (χ2n) is 10.1. The van der Waals surface area contributed by atoms with Crippen molar-refractivity contribution in [2.24, 2.45) is 5.92 Å². The molecule has 0 unspecified atom stereocenters. The Morgan fingerprint density at radius 2 is 1.82 bits per heavy atom. The lowest BCUT2D eigenvalue weighted by atomic mass is 9.79. The first-order valence-corrected chi connectivity index (χ1v) is 14.0. The lowest BCUT2D eigenvalue weighted by Crippen LogP contribution is -2.49. The summed E-state index contributed by atoms with van der Waals surface area (Å²) in [6, 6.07) is 8.47. The van der Waals surface area contributed by atoms with Gasteiger partial charge >= 0.3 is 0 Å². The smallest absolute Gasteiger partial charge is 0.259 e. The van der Waals surface area contributed by atoms with Crippen molar-refractivity contribution < 1.29 is 22.4 Å². The lowest BCUT2D eigenvalue weighted by Gasteiger charge is -2.40. The molecule has 0 atom stereocenters. The van der Waals surface area contributed by atoms with Crippen LogP contribution in [-0.4, -0.2) is 75.1 Å². The molecular formula is C25H27N7O5S. The van der Waals surface area contributed by atoms with Crippen LogP contribution in [0, 0.1) is 5.92 Å². The maximum atomic E-state index is 13.3. The fraction of sp³-hybridized carbons (Fsp3) is 0.440. The van der Waals surface area contributed by atoms with Gasteiger partial charge in [-0.25, -0.2) is 13.0 Å². The van der Waals surface area contributed by atoms with Gasteiger partial charge < -0.3 is 9.42 Å². The SMILES string of the molecule is CC1(c2noc(-c3cccnc3)n2)CCN(C(=O)C2CCN(S(=O)(=O)c3cccc4nonc34)CC2)CC1. The van der Waals surface area contributed by atoms with Crippen molar-refractivity contribution in [3.8, 4) is 11.5 Å². The Kier molecular flexibility index (Phi) is 6.19. The molecule has 2 saturated heterocycles. The lowest BCUT2D eigenvalue weighted by molar-refractivity contribution is -0.138. The largest absolute Gasteiger partial charge is 0.342 e. The summed E-state index contributed by atoms with van der Waals surface area (Å²) in [6.45, 7) is 3.82. The van der Waals surface area contributed by atoms with Crippen LogP contribution in [0.1, 0.15) is 38.4 Å². The number of hydrogen-bond acceptors (Lipinski definition) is 10. The number of pyridine rings is 1. The average Bonchev–Trinajstić information content (AvgIpc) is 3.64. The van der Waals surface area contributed by atoms with Gasteiger partial charge in [0.15, 0.2) is 11.3 Å². The van der Waals surface area contributed by atoms with Crippen LogP contribution in [0.3, 0.4) is 0 Å². The monoisotopic (exact) mass is 537 g/mol. The Morgan fingerprint density at radius 1 is 1.03 bits per heavy atom. The molecule has 3 aromatic heterocycles. The van der Waals surface area contributed by atoms with E-state index in [2.05, 4.69) is 32.4 Å². The van der Waals surface area contributed by atoms with E-state index in [0.717, 1.165) is 5.56 Å². The fourth-order valence-corrected chi connectivity index (χ4v) is 6.86. The van der Waals surface area contributed by atoms with E-state index < -0.39 is 10.0 Å². The van der Waals surface area contributed by atoms with E-state index in [1.54, 1.807) is 24.5 Å². The van der Waals surface area contributed by atoms with Crippen LogP contribution in [0.2, 0.25) is 0 Å². The minimum Gasteiger partial charge on any atom is -0.342 e. The molecule has 0 radical (unpaired) electrons. The third kappa shape index (κ3) is 4.35. The second kappa shape index (κ2) is 9.55. The van der Waals surface area contributed by atoms with Gasteiger partial charge in [0.1, 0.15) is 10.4 Å². The number of likely N-dealkylation sites (tertiary alicyclic amines) is 1. The maximum Gasteiger partial charge on any atom is 0.259 e. The molecule has 0 spiro atoms.